The molecule has 1 N–H and O–H groups in total. The Labute approximate surface area is 233 Å². The van der Waals surface area contributed by atoms with E-state index in [1.54, 1.807) is 18.2 Å². The van der Waals surface area contributed by atoms with Crippen molar-refractivity contribution >= 4 is 58.5 Å². The number of carbonyl (C=O) groups excluding carboxylic acids is 3. The molecule has 0 atom stereocenters. The molecule has 38 heavy (non-hydrogen) atoms. The molecule has 0 spiro atoms. The number of carbonyl (C=O) groups is 3. The Morgan fingerprint density at radius 1 is 1.03 bits per heavy atom. The fraction of sp³-hybridized carbons (Fsp3) is 0.320. The van der Waals surface area contributed by atoms with Gasteiger partial charge in [-0.1, -0.05) is 35.0 Å². The van der Waals surface area contributed by atoms with Gasteiger partial charge in [-0.15, -0.1) is 10.2 Å². The maximum Gasteiger partial charge on any atom is 0.339 e. The summed E-state index contributed by atoms with van der Waals surface area (Å²) in [5.41, 5.74) is 0.434. The van der Waals surface area contributed by atoms with Crippen LogP contribution in [0.1, 0.15) is 39.9 Å². The Kier molecular flexibility index (Phi) is 10.8. The molecule has 0 unspecified atom stereocenters. The van der Waals surface area contributed by atoms with Crippen LogP contribution in [-0.4, -0.2) is 59.2 Å². The molecule has 2 aromatic carbocycles. The van der Waals surface area contributed by atoms with E-state index in [9.17, 15) is 14.4 Å². The smallest absolute Gasteiger partial charge is 0.339 e. The standard InChI is InChI=1S/C25H26Cl2N4O6S/c1-4-31-21(6-5-11-37-20-10-8-16(26)13-18(20)27)29-30-25(31)38-14-22(32)28-19-12-15(23(33)35-2)7-9-17(19)24(34)36-3/h7-10,12-13H,4-6,11,14H2,1-3H3,(H,28,32). The first-order valence-electron chi connectivity index (χ1n) is 11.5. The number of hydrogen-bond donors (Lipinski definition) is 1. The lowest BCUT2D eigenvalue weighted by atomic mass is 10.1. The number of esters is 2. The van der Waals surface area contributed by atoms with Crippen molar-refractivity contribution in [2.75, 3.05) is 31.9 Å². The number of aromatic nitrogens is 3. The lowest BCUT2D eigenvalue weighted by molar-refractivity contribution is -0.113. The van der Waals surface area contributed by atoms with Gasteiger partial charge >= 0.3 is 11.9 Å². The number of nitrogens with zero attached hydrogens (tertiary/aromatic N) is 3. The minimum Gasteiger partial charge on any atom is -0.492 e. The van der Waals surface area contributed by atoms with Crippen LogP contribution in [-0.2, 0) is 27.2 Å². The quantitative estimate of drug-likeness (QED) is 0.180. The second-order valence-electron chi connectivity index (χ2n) is 7.75. The number of benzene rings is 2. The molecule has 0 aliphatic carbocycles. The fourth-order valence-electron chi connectivity index (χ4n) is 3.43. The Balaban J connectivity index is 1.59. The van der Waals surface area contributed by atoms with Crippen molar-refractivity contribution in [1.82, 2.24) is 14.8 Å². The van der Waals surface area contributed by atoms with Crippen molar-refractivity contribution in [1.29, 1.82) is 0 Å². The van der Waals surface area contributed by atoms with E-state index in [-0.39, 0.29) is 22.6 Å². The maximum atomic E-state index is 12.7. The van der Waals surface area contributed by atoms with Gasteiger partial charge in [0.2, 0.25) is 5.91 Å². The van der Waals surface area contributed by atoms with Crippen LogP contribution >= 0.6 is 35.0 Å². The maximum absolute atomic E-state index is 12.7. The summed E-state index contributed by atoms with van der Waals surface area (Å²) in [7, 11) is 2.47. The van der Waals surface area contributed by atoms with Crippen molar-refractivity contribution in [2.24, 2.45) is 0 Å². The Hall–Kier alpha value is -3.28. The zero-order chi connectivity index (χ0) is 27.7. The molecule has 3 rings (SSSR count). The minimum absolute atomic E-state index is 0.000620. The summed E-state index contributed by atoms with van der Waals surface area (Å²) in [6, 6.07) is 9.24. The topological polar surface area (TPSA) is 122 Å². The normalized spacial score (nSPS) is 10.7. The Bertz CT molecular complexity index is 1320. The fourth-order valence-corrected chi connectivity index (χ4v) is 4.71. The lowest BCUT2D eigenvalue weighted by Crippen LogP contribution is -2.18. The molecule has 0 fully saturated rings. The SMILES string of the molecule is CCn1c(CCCOc2ccc(Cl)cc2Cl)nnc1SCC(=O)Nc1cc(C(=O)OC)ccc1C(=O)OC. The molecule has 13 heteroatoms. The van der Waals surface area contributed by atoms with Crippen molar-refractivity contribution in [2.45, 2.75) is 31.5 Å². The van der Waals surface area contributed by atoms with E-state index in [4.69, 9.17) is 37.4 Å². The predicted molar refractivity (Wildman–Crippen MR) is 144 cm³/mol. The highest BCUT2D eigenvalue weighted by atomic mass is 35.5. The van der Waals surface area contributed by atoms with Gasteiger partial charge in [-0.05, 0) is 49.7 Å². The van der Waals surface area contributed by atoms with Gasteiger partial charge in [0, 0.05) is 18.0 Å². The number of amides is 1. The number of hydrogen-bond acceptors (Lipinski definition) is 9. The van der Waals surface area contributed by atoms with Crippen LogP contribution in [0.5, 0.6) is 5.75 Å². The van der Waals surface area contributed by atoms with E-state index in [1.807, 2.05) is 11.5 Å². The van der Waals surface area contributed by atoms with Gasteiger partial charge in [0.25, 0.3) is 0 Å². The van der Waals surface area contributed by atoms with Crippen molar-refractivity contribution in [3.05, 3.63) is 63.4 Å². The average molecular weight is 581 g/mol. The van der Waals surface area contributed by atoms with Gasteiger partial charge in [-0.3, -0.25) is 4.79 Å². The van der Waals surface area contributed by atoms with Crippen LogP contribution < -0.4 is 10.1 Å². The summed E-state index contributed by atoms with van der Waals surface area (Å²) >= 11 is 13.2. The van der Waals surface area contributed by atoms with E-state index in [1.165, 1.54) is 44.2 Å². The first-order valence-corrected chi connectivity index (χ1v) is 13.2. The molecule has 0 aliphatic rings. The highest BCUT2D eigenvalue weighted by Gasteiger charge is 2.19. The average Bonchev–Trinajstić information content (AvgIpc) is 3.31. The van der Waals surface area contributed by atoms with Gasteiger partial charge in [0.1, 0.15) is 11.6 Å². The van der Waals surface area contributed by atoms with Crippen LogP contribution in [0.3, 0.4) is 0 Å². The van der Waals surface area contributed by atoms with Crippen molar-refractivity contribution in [3.63, 3.8) is 0 Å². The molecule has 202 valence electrons. The summed E-state index contributed by atoms with van der Waals surface area (Å²) in [4.78, 5) is 36.7. The molecular formula is C25H26Cl2N4O6S. The molecular weight excluding hydrogens is 555 g/mol. The third-order valence-corrected chi connectivity index (χ3v) is 6.76. The molecule has 1 heterocycles. The van der Waals surface area contributed by atoms with Crippen LogP contribution in [0.4, 0.5) is 5.69 Å². The predicted octanol–water partition coefficient (Wildman–Crippen LogP) is 4.92. The van der Waals surface area contributed by atoms with Crippen molar-refractivity contribution in [3.8, 4) is 5.75 Å². The van der Waals surface area contributed by atoms with Crippen molar-refractivity contribution < 1.29 is 28.6 Å². The first kappa shape index (κ1) is 29.3. The highest BCUT2D eigenvalue weighted by Crippen LogP contribution is 2.28. The summed E-state index contributed by atoms with van der Waals surface area (Å²) in [5.74, 6) is -0.330. The van der Waals surface area contributed by atoms with Gasteiger partial charge in [0.15, 0.2) is 5.16 Å². The molecule has 0 saturated carbocycles. The molecule has 0 radical (unpaired) electrons. The molecule has 10 nitrogen and oxygen atoms in total. The van der Waals surface area contributed by atoms with Gasteiger partial charge in [0.05, 0.1) is 48.4 Å². The second kappa shape index (κ2) is 14.0. The monoisotopic (exact) mass is 580 g/mol. The largest absolute Gasteiger partial charge is 0.492 e. The van der Waals surface area contributed by atoms with E-state index < -0.39 is 17.8 Å². The van der Waals surface area contributed by atoms with Gasteiger partial charge in [-0.25, -0.2) is 9.59 Å². The number of nitrogens with one attached hydrogen (secondary N) is 1. The van der Waals surface area contributed by atoms with Crippen LogP contribution in [0.2, 0.25) is 10.0 Å². The molecule has 0 aliphatic heterocycles. The number of ether oxygens (including phenoxy) is 3. The minimum atomic E-state index is -0.651. The van der Waals surface area contributed by atoms with Crippen LogP contribution in [0.25, 0.3) is 0 Å². The van der Waals surface area contributed by atoms with Crippen LogP contribution in [0, 0.1) is 0 Å². The summed E-state index contributed by atoms with van der Waals surface area (Å²) < 4.78 is 17.1. The molecule has 1 aromatic heterocycles. The zero-order valence-corrected chi connectivity index (χ0v) is 23.3. The Morgan fingerprint density at radius 3 is 2.47 bits per heavy atom. The first-order chi connectivity index (χ1) is 18.3. The summed E-state index contributed by atoms with van der Waals surface area (Å²) in [5, 5.41) is 12.7. The number of halogens is 2. The molecule has 1 amide bonds. The molecule has 3 aromatic rings. The molecule has 0 saturated heterocycles. The van der Waals surface area contributed by atoms with E-state index in [0.717, 1.165) is 5.82 Å². The highest BCUT2D eigenvalue weighted by molar-refractivity contribution is 7.99. The second-order valence-corrected chi connectivity index (χ2v) is 9.54. The van der Waals surface area contributed by atoms with E-state index >= 15 is 0 Å². The number of aryl methyl sites for hydroxylation is 1. The van der Waals surface area contributed by atoms with E-state index in [2.05, 4.69) is 15.5 Å². The molecule has 0 bridgehead atoms. The lowest BCUT2D eigenvalue weighted by Gasteiger charge is -2.12. The van der Waals surface area contributed by atoms with Crippen LogP contribution in [0.15, 0.2) is 41.6 Å². The third kappa shape index (κ3) is 7.62. The Morgan fingerprint density at radius 2 is 1.79 bits per heavy atom. The number of rotatable bonds is 12. The third-order valence-electron chi connectivity index (χ3n) is 5.26. The summed E-state index contributed by atoms with van der Waals surface area (Å²) in [6.07, 6.45) is 1.29. The number of anilines is 1. The number of thioether (sulfide) groups is 1. The van der Waals surface area contributed by atoms with E-state index in [0.29, 0.717) is 46.9 Å². The van der Waals surface area contributed by atoms with Gasteiger partial charge in [-0.2, -0.15) is 0 Å². The van der Waals surface area contributed by atoms with Gasteiger partial charge < -0.3 is 24.1 Å². The zero-order valence-electron chi connectivity index (χ0n) is 21.0. The summed E-state index contributed by atoms with van der Waals surface area (Å²) in [6.45, 7) is 3.00. The number of methoxy groups -OCH3 is 2.